The van der Waals surface area contributed by atoms with Crippen LogP contribution < -0.4 is 5.73 Å². The van der Waals surface area contributed by atoms with E-state index >= 15 is 0 Å². The smallest absolute Gasteiger partial charge is 0.180 e. The normalized spacial score (nSPS) is 19.0. The van der Waals surface area contributed by atoms with E-state index in [1.165, 1.54) is 35.4 Å². The highest BCUT2D eigenvalue weighted by molar-refractivity contribution is 7.16. The maximum Gasteiger partial charge on any atom is 0.180 e. The molecule has 0 spiro atoms. The number of hydrogen-bond donors (Lipinski definition) is 1. The van der Waals surface area contributed by atoms with Gasteiger partial charge in [-0.3, -0.25) is 0 Å². The van der Waals surface area contributed by atoms with Crippen molar-refractivity contribution in [1.82, 2.24) is 4.98 Å². The Morgan fingerprint density at radius 2 is 2.06 bits per heavy atom. The van der Waals surface area contributed by atoms with E-state index < -0.39 is 0 Å². The summed E-state index contributed by atoms with van der Waals surface area (Å²) < 4.78 is 0. The molecule has 3 rings (SSSR count). The zero-order valence-electron chi connectivity index (χ0n) is 8.98. The minimum atomic E-state index is 0.226. The van der Waals surface area contributed by atoms with Crippen LogP contribution in [-0.4, -0.2) is 4.98 Å². The minimum Gasteiger partial charge on any atom is -0.375 e. The Hall–Kier alpha value is -0.870. The van der Waals surface area contributed by atoms with Crippen molar-refractivity contribution in [1.29, 1.82) is 0 Å². The molecule has 0 atom stereocenters. The lowest BCUT2D eigenvalue weighted by atomic mass is 9.83. The van der Waals surface area contributed by atoms with Gasteiger partial charge in [0.1, 0.15) is 0 Å². The van der Waals surface area contributed by atoms with Crippen molar-refractivity contribution in [3.05, 3.63) is 33.5 Å². The molecule has 2 aromatic rings. The Morgan fingerprint density at radius 1 is 1.25 bits per heavy atom. The third-order valence-electron chi connectivity index (χ3n) is 3.45. The van der Waals surface area contributed by atoms with Gasteiger partial charge in [-0.05, 0) is 24.3 Å². The van der Waals surface area contributed by atoms with Gasteiger partial charge < -0.3 is 5.73 Å². The predicted molar refractivity (Wildman–Crippen MR) is 70.1 cm³/mol. The first-order valence-corrected chi connectivity index (χ1v) is 7.27. The Kier molecular flexibility index (Phi) is 2.48. The van der Waals surface area contributed by atoms with Gasteiger partial charge in [0.05, 0.1) is 0 Å². The maximum absolute atomic E-state index is 5.77. The molecule has 0 aliphatic heterocycles. The number of hydrogen-bond acceptors (Lipinski definition) is 4. The molecule has 0 saturated heterocycles. The molecule has 1 aliphatic carbocycles. The van der Waals surface area contributed by atoms with E-state index in [2.05, 4.69) is 22.5 Å². The molecular weight excluding hydrogens is 236 g/mol. The van der Waals surface area contributed by atoms with E-state index in [9.17, 15) is 0 Å². The number of thiazole rings is 1. The number of thiophene rings is 1. The number of anilines is 1. The number of aromatic nitrogens is 1. The van der Waals surface area contributed by atoms with Gasteiger partial charge in [-0.2, -0.15) is 0 Å². The highest BCUT2D eigenvalue weighted by atomic mass is 32.1. The summed E-state index contributed by atoms with van der Waals surface area (Å²) in [6, 6.07) is 4.40. The number of nitrogen functional groups attached to an aromatic ring is 1. The van der Waals surface area contributed by atoms with Gasteiger partial charge in [0.2, 0.25) is 0 Å². The molecule has 4 heteroatoms. The molecule has 2 N–H and O–H groups in total. The van der Waals surface area contributed by atoms with Crippen LogP contribution in [0.15, 0.2) is 23.7 Å². The number of nitrogens with two attached hydrogens (primary N) is 1. The van der Waals surface area contributed by atoms with Crippen LogP contribution in [0.25, 0.3) is 0 Å². The minimum absolute atomic E-state index is 0.226. The number of rotatable bonds is 2. The highest BCUT2D eigenvalue weighted by Gasteiger charge is 2.39. The van der Waals surface area contributed by atoms with Crippen LogP contribution in [0, 0.1) is 0 Å². The van der Waals surface area contributed by atoms with Crippen molar-refractivity contribution in [2.75, 3.05) is 5.73 Å². The summed E-state index contributed by atoms with van der Waals surface area (Å²) in [6.45, 7) is 0. The third kappa shape index (κ3) is 1.48. The largest absolute Gasteiger partial charge is 0.375 e. The third-order valence-corrected chi connectivity index (χ3v) is 5.55. The molecular formula is C12H14N2S2. The van der Waals surface area contributed by atoms with Crippen LogP contribution in [0.2, 0.25) is 0 Å². The fourth-order valence-corrected chi connectivity index (χ4v) is 4.66. The monoisotopic (exact) mass is 250 g/mol. The van der Waals surface area contributed by atoms with E-state index in [1.54, 1.807) is 11.3 Å². The Balaban J connectivity index is 2.10. The van der Waals surface area contributed by atoms with Gasteiger partial charge in [-0.15, -0.1) is 22.7 Å². The molecule has 1 saturated carbocycles. The van der Waals surface area contributed by atoms with Gasteiger partial charge >= 0.3 is 0 Å². The van der Waals surface area contributed by atoms with Gasteiger partial charge in [-0.25, -0.2) is 4.98 Å². The Labute approximate surface area is 103 Å². The van der Waals surface area contributed by atoms with E-state index in [1.807, 2.05) is 17.5 Å². The first-order valence-electron chi connectivity index (χ1n) is 5.57. The lowest BCUT2D eigenvalue weighted by Crippen LogP contribution is -2.20. The van der Waals surface area contributed by atoms with Crippen molar-refractivity contribution in [3.8, 4) is 0 Å². The first-order chi connectivity index (χ1) is 7.81. The summed E-state index contributed by atoms with van der Waals surface area (Å²) in [5.41, 5.74) is 5.99. The first kappa shape index (κ1) is 10.3. The fourth-order valence-electron chi connectivity index (χ4n) is 2.65. The quantitative estimate of drug-likeness (QED) is 0.883. The zero-order chi connectivity index (χ0) is 11.0. The lowest BCUT2D eigenvalue weighted by molar-refractivity contribution is 0.557. The fraction of sp³-hybridized carbons (Fsp3) is 0.417. The van der Waals surface area contributed by atoms with Gasteiger partial charge in [0.15, 0.2) is 5.13 Å². The second-order valence-electron chi connectivity index (χ2n) is 4.33. The van der Waals surface area contributed by atoms with Crippen LogP contribution in [0.4, 0.5) is 5.13 Å². The second-order valence-corrected chi connectivity index (χ2v) is 6.34. The average molecular weight is 250 g/mol. The predicted octanol–water partition coefficient (Wildman–Crippen LogP) is 3.65. The molecule has 2 aromatic heterocycles. The van der Waals surface area contributed by atoms with Crippen molar-refractivity contribution in [3.63, 3.8) is 0 Å². The zero-order valence-corrected chi connectivity index (χ0v) is 10.6. The molecule has 16 heavy (non-hydrogen) atoms. The standard InChI is InChI=1S/C12H14N2S2/c13-11-14-8-10(16-11)12(5-1-2-6-12)9-4-3-7-15-9/h3-4,7-8H,1-2,5-6H2,(H2,13,14). The van der Waals surface area contributed by atoms with Crippen LogP contribution >= 0.6 is 22.7 Å². The van der Waals surface area contributed by atoms with Crippen molar-refractivity contribution in [2.24, 2.45) is 0 Å². The average Bonchev–Trinajstić information content (AvgIpc) is 2.98. The van der Waals surface area contributed by atoms with Crippen molar-refractivity contribution in [2.45, 2.75) is 31.1 Å². The van der Waals surface area contributed by atoms with E-state index in [0.717, 1.165) is 0 Å². The molecule has 0 bridgehead atoms. The van der Waals surface area contributed by atoms with Crippen LogP contribution in [0.5, 0.6) is 0 Å². The van der Waals surface area contributed by atoms with Crippen LogP contribution in [0.1, 0.15) is 35.4 Å². The van der Waals surface area contributed by atoms with E-state index in [4.69, 9.17) is 5.73 Å². The maximum atomic E-state index is 5.77. The van der Waals surface area contributed by atoms with Crippen LogP contribution in [-0.2, 0) is 5.41 Å². The van der Waals surface area contributed by atoms with E-state index in [0.29, 0.717) is 5.13 Å². The Morgan fingerprint density at radius 3 is 2.62 bits per heavy atom. The lowest BCUT2D eigenvalue weighted by Gasteiger charge is -2.25. The molecule has 1 aliphatic rings. The SMILES string of the molecule is Nc1ncc(C2(c3cccs3)CCCC2)s1. The topological polar surface area (TPSA) is 38.9 Å². The van der Waals surface area contributed by atoms with Crippen molar-refractivity contribution >= 4 is 27.8 Å². The molecule has 0 aromatic carbocycles. The number of nitrogens with zero attached hydrogens (tertiary/aromatic N) is 1. The molecule has 1 fully saturated rings. The van der Waals surface area contributed by atoms with Gasteiger partial charge in [0.25, 0.3) is 0 Å². The summed E-state index contributed by atoms with van der Waals surface area (Å²) in [5, 5.41) is 2.86. The molecule has 84 valence electrons. The molecule has 2 nitrogen and oxygen atoms in total. The van der Waals surface area contributed by atoms with Gasteiger partial charge in [0, 0.05) is 21.4 Å². The van der Waals surface area contributed by atoms with Gasteiger partial charge in [-0.1, -0.05) is 18.9 Å². The second kappa shape index (κ2) is 3.86. The van der Waals surface area contributed by atoms with Crippen molar-refractivity contribution < 1.29 is 0 Å². The molecule has 2 heterocycles. The molecule has 0 amide bonds. The summed E-state index contributed by atoms with van der Waals surface area (Å²) in [7, 11) is 0. The highest BCUT2D eigenvalue weighted by Crippen LogP contribution is 2.49. The van der Waals surface area contributed by atoms with E-state index in [-0.39, 0.29) is 5.41 Å². The molecule has 0 unspecified atom stereocenters. The summed E-state index contributed by atoms with van der Waals surface area (Å²) in [6.07, 6.45) is 7.10. The summed E-state index contributed by atoms with van der Waals surface area (Å²) >= 11 is 3.52. The molecule has 0 radical (unpaired) electrons. The summed E-state index contributed by atoms with van der Waals surface area (Å²) in [5.74, 6) is 0. The Bertz CT molecular complexity index is 467. The van der Waals surface area contributed by atoms with Crippen LogP contribution in [0.3, 0.4) is 0 Å². The summed E-state index contributed by atoms with van der Waals surface area (Å²) in [4.78, 5) is 7.05.